The average Bonchev–Trinajstić information content (AvgIpc) is 2.63. The molecule has 0 spiro atoms. The molecule has 1 N–H and O–H groups in total. The zero-order chi connectivity index (χ0) is 12.1. The Morgan fingerprint density at radius 3 is 3.00 bits per heavy atom. The lowest BCUT2D eigenvalue weighted by Gasteiger charge is -2.18. The van der Waals surface area contributed by atoms with Gasteiger partial charge < -0.3 is 10.2 Å². The van der Waals surface area contributed by atoms with Gasteiger partial charge in [0.15, 0.2) is 0 Å². The molecule has 0 bridgehead atoms. The smallest absolute Gasteiger partial charge is 0.0931 e. The molecular weight excluding hydrogens is 252 g/mol. The summed E-state index contributed by atoms with van der Waals surface area (Å²) in [7, 11) is 0. The van der Waals surface area contributed by atoms with Gasteiger partial charge in [-0.1, -0.05) is 18.5 Å². The second-order valence-corrected chi connectivity index (χ2v) is 6.45. The Bertz CT molecular complexity index is 340. The van der Waals surface area contributed by atoms with Crippen LogP contribution < -0.4 is 5.32 Å². The largest absolute Gasteiger partial charge is 0.309 e. The van der Waals surface area contributed by atoms with E-state index in [-0.39, 0.29) is 0 Å². The van der Waals surface area contributed by atoms with Crippen molar-refractivity contribution >= 4 is 22.9 Å². The third-order valence-electron chi connectivity index (χ3n) is 3.46. The van der Waals surface area contributed by atoms with Crippen molar-refractivity contribution in [2.24, 2.45) is 0 Å². The molecule has 96 valence electrons. The molecule has 0 aromatic carbocycles. The number of hydrogen-bond acceptors (Lipinski definition) is 3. The first kappa shape index (κ1) is 13.3. The molecule has 4 heteroatoms. The van der Waals surface area contributed by atoms with Crippen LogP contribution in [-0.2, 0) is 6.54 Å². The van der Waals surface area contributed by atoms with Gasteiger partial charge in [-0.15, -0.1) is 11.3 Å². The number of likely N-dealkylation sites (tertiary alicyclic amines) is 1. The van der Waals surface area contributed by atoms with Gasteiger partial charge in [0.05, 0.1) is 4.34 Å². The molecule has 1 unspecified atom stereocenters. The molecule has 1 aromatic heterocycles. The quantitative estimate of drug-likeness (QED) is 0.904. The summed E-state index contributed by atoms with van der Waals surface area (Å²) in [6.45, 7) is 6.90. The third kappa shape index (κ3) is 4.25. The van der Waals surface area contributed by atoms with E-state index >= 15 is 0 Å². The highest BCUT2D eigenvalue weighted by atomic mass is 35.5. The van der Waals surface area contributed by atoms with Crippen molar-refractivity contribution in [1.29, 1.82) is 0 Å². The second kappa shape index (κ2) is 6.74. The Morgan fingerprint density at radius 1 is 1.41 bits per heavy atom. The number of thiophene rings is 1. The lowest BCUT2D eigenvalue weighted by molar-refractivity contribution is 0.297. The zero-order valence-electron chi connectivity index (χ0n) is 10.4. The number of rotatable bonds is 4. The fourth-order valence-corrected chi connectivity index (χ4v) is 3.41. The summed E-state index contributed by atoms with van der Waals surface area (Å²) in [6, 6.07) is 4.77. The first-order valence-corrected chi connectivity index (χ1v) is 7.67. The molecule has 1 aliphatic heterocycles. The Balaban J connectivity index is 1.75. The van der Waals surface area contributed by atoms with Gasteiger partial charge in [0.2, 0.25) is 0 Å². The second-order valence-electron chi connectivity index (χ2n) is 4.65. The van der Waals surface area contributed by atoms with Gasteiger partial charge in [0, 0.05) is 17.5 Å². The normalized spacial score (nSPS) is 22.6. The molecule has 17 heavy (non-hydrogen) atoms. The molecule has 0 amide bonds. The highest BCUT2D eigenvalue weighted by molar-refractivity contribution is 7.16. The molecule has 0 saturated carbocycles. The summed E-state index contributed by atoms with van der Waals surface area (Å²) in [5.74, 6) is 0. The van der Waals surface area contributed by atoms with E-state index in [2.05, 4.69) is 23.2 Å². The third-order valence-corrected chi connectivity index (χ3v) is 4.69. The topological polar surface area (TPSA) is 15.3 Å². The van der Waals surface area contributed by atoms with Crippen molar-refractivity contribution in [3.05, 3.63) is 21.3 Å². The fourth-order valence-electron chi connectivity index (χ4n) is 2.37. The summed E-state index contributed by atoms with van der Waals surface area (Å²) in [5.41, 5.74) is 0. The Kier molecular flexibility index (Phi) is 5.29. The Labute approximate surface area is 113 Å². The first-order valence-electron chi connectivity index (χ1n) is 6.48. The van der Waals surface area contributed by atoms with Crippen LogP contribution in [0.4, 0.5) is 0 Å². The van der Waals surface area contributed by atoms with E-state index in [0.717, 1.165) is 10.9 Å². The number of halogens is 1. The molecule has 2 rings (SSSR count). The van der Waals surface area contributed by atoms with Crippen LogP contribution in [0.15, 0.2) is 12.1 Å². The lowest BCUT2D eigenvalue weighted by atomic mass is 10.1. The standard InChI is InChI=1S/C13H21ClN2S/c1-2-16-8-3-4-11(7-9-16)15-10-12-5-6-13(14)17-12/h5-6,11,15H,2-4,7-10H2,1H3. The van der Waals surface area contributed by atoms with Crippen molar-refractivity contribution in [3.8, 4) is 0 Å². The van der Waals surface area contributed by atoms with Gasteiger partial charge in [-0.2, -0.15) is 0 Å². The summed E-state index contributed by atoms with van der Waals surface area (Å²) in [5, 5.41) is 3.66. The van der Waals surface area contributed by atoms with Gasteiger partial charge >= 0.3 is 0 Å². The van der Waals surface area contributed by atoms with Gasteiger partial charge in [0.1, 0.15) is 0 Å². The first-order chi connectivity index (χ1) is 8.28. The minimum Gasteiger partial charge on any atom is -0.309 e. The molecule has 1 aliphatic rings. The van der Waals surface area contributed by atoms with E-state index in [1.54, 1.807) is 11.3 Å². The van der Waals surface area contributed by atoms with Gasteiger partial charge in [-0.25, -0.2) is 0 Å². The molecule has 1 fully saturated rings. The van der Waals surface area contributed by atoms with Crippen LogP contribution in [0.5, 0.6) is 0 Å². The van der Waals surface area contributed by atoms with Crippen molar-refractivity contribution in [2.75, 3.05) is 19.6 Å². The predicted octanol–water partition coefficient (Wildman–Crippen LogP) is 3.37. The average molecular weight is 273 g/mol. The monoisotopic (exact) mass is 272 g/mol. The zero-order valence-corrected chi connectivity index (χ0v) is 12.0. The van der Waals surface area contributed by atoms with E-state index in [1.807, 2.05) is 6.07 Å². The van der Waals surface area contributed by atoms with E-state index < -0.39 is 0 Å². The summed E-state index contributed by atoms with van der Waals surface area (Å²) in [6.07, 6.45) is 3.89. The molecule has 1 aromatic rings. The van der Waals surface area contributed by atoms with Crippen molar-refractivity contribution in [1.82, 2.24) is 10.2 Å². The fraction of sp³-hybridized carbons (Fsp3) is 0.692. The molecule has 1 saturated heterocycles. The molecular formula is C13H21ClN2S. The Hall–Kier alpha value is -0.0900. The molecule has 2 nitrogen and oxygen atoms in total. The van der Waals surface area contributed by atoms with Crippen molar-refractivity contribution < 1.29 is 0 Å². The van der Waals surface area contributed by atoms with Crippen LogP contribution in [0.1, 0.15) is 31.1 Å². The summed E-state index contributed by atoms with van der Waals surface area (Å²) >= 11 is 7.61. The van der Waals surface area contributed by atoms with Gasteiger partial charge in [-0.05, 0) is 51.0 Å². The molecule has 1 atom stereocenters. The minimum atomic E-state index is 0.674. The van der Waals surface area contributed by atoms with Crippen LogP contribution in [0, 0.1) is 0 Å². The highest BCUT2D eigenvalue weighted by Gasteiger charge is 2.15. The maximum absolute atomic E-state index is 5.93. The summed E-state index contributed by atoms with van der Waals surface area (Å²) < 4.78 is 0.889. The number of nitrogens with one attached hydrogen (secondary N) is 1. The van der Waals surface area contributed by atoms with Crippen LogP contribution in [0.2, 0.25) is 4.34 Å². The van der Waals surface area contributed by atoms with E-state index in [9.17, 15) is 0 Å². The predicted molar refractivity (Wildman–Crippen MR) is 75.9 cm³/mol. The van der Waals surface area contributed by atoms with Crippen molar-refractivity contribution in [3.63, 3.8) is 0 Å². The minimum absolute atomic E-state index is 0.674. The summed E-state index contributed by atoms with van der Waals surface area (Å²) in [4.78, 5) is 3.88. The SMILES string of the molecule is CCN1CCCC(NCc2ccc(Cl)s2)CC1. The van der Waals surface area contributed by atoms with Gasteiger partial charge in [0.25, 0.3) is 0 Å². The van der Waals surface area contributed by atoms with Crippen LogP contribution in [0.3, 0.4) is 0 Å². The van der Waals surface area contributed by atoms with E-state index in [1.165, 1.54) is 43.8 Å². The molecule has 0 radical (unpaired) electrons. The van der Waals surface area contributed by atoms with Gasteiger partial charge in [-0.3, -0.25) is 0 Å². The van der Waals surface area contributed by atoms with E-state index in [0.29, 0.717) is 6.04 Å². The molecule has 0 aliphatic carbocycles. The number of nitrogens with zero attached hydrogens (tertiary/aromatic N) is 1. The van der Waals surface area contributed by atoms with Crippen LogP contribution >= 0.6 is 22.9 Å². The lowest BCUT2D eigenvalue weighted by Crippen LogP contribution is -2.30. The maximum atomic E-state index is 5.93. The Morgan fingerprint density at radius 2 is 2.29 bits per heavy atom. The van der Waals surface area contributed by atoms with Crippen LogP contribution in [0.25, 0.3) is 0 Å². The number of hydrogen-bond donors (Lipinski definition) is 1. The van der Waals surface area contributed by atoms with Crippen molar-refractivity contribution in [2.45, 2.75) is 38.8 Å². The molecule has 2 heterocycles. The van der Waals surface area contributed by atoms with Crippen LogP contribution in [-0.4, -0.2) is 30.6 Å². The maximum Gasteiger partial charge on any atom is 0.0931 e. The highest BCUT2D eigenvalue weighted by Crippen LogP contribution is 2.21. The van der Waals surface area contributed by atoms with E-state index in [4.69, 9.17) is 11.6 Å².